The van der Waals surface area contributed by atoms with Gasteiger partial charge in [-0.1, -0.05) is 76.2 Å². The third kappa shape index (κ3) is 6.63. The first-order valence-electron chi connectivity index (χ1n) is 11.5. The van der Waals surface area contributed by atoms with E-state index in [1.54, 1.807) is 0 Å². The average Bonchev–Trinajstić information content (AvgIpc) is 3.10. The highest BCUT2D eigenvalue weighted by Gasteiger charge is 2.12. The molecule has 0 fully saturated rings. The second-order valence-electron chi connectivity index (χ2n) is 9.21. The van der Waals surface area contributed by atoms with E-state index in [1.807, 2.05) is 10.8 Å². The lowest BCUT2D eigenvalue weighted by molar-refractivity contribution is 0.107. The molecule has 0 radical (unpaired) electrons. The monoisotopic (exact) mass is 406 g/mol. The predicted octanol–water partition coefficient (Wildman–Crippen LogP) is 6.21. The third-order valence-electron chi connectivity index (χ3n) is 5.72. The van der Waals surface area contributed by atoms with E-state index in [0.717, 1.165) is 30.3 Å². The van der Waals surface area contributed by atoms with Crippen LogP contribution in [0.1, 0.15) is 51.7 Å². The second-order valence-corrected chi connectivity index (χ2v) is 9.21. The predicted molar refractivity (Wildman–Crippen MR) is 128 cm³/mol. The van der Waals surface area contributed by atoms with Gasteiger partial charge in [-0.05, 0) is 61.4 Å². The fourth-order valence-electron chi connectivity index (χ4n) is 3.74. The fourth-order valence-corrected chi connectivity index (χ4v) is 3.74. The molecule has 0 bridgehead atoms. The summed E-state index contributed by atoms with van der Waals surface area (Å²) in [5.41, 5.74) is 3.71. The normalized spacial score (nSPS) is 11.8. The van der Waals surface area contributed by atoms with E-state index >= 15 is 0 Å². The Bertz CT molecular complexity index is 870. The third-order valence-corrected chi connectivity index (χ3v) is 5.72. The van der Waals surface area contributed by atoms with Crippen LogP contribution in [0.25, 0.3) is 10.9 Å². The topological polar surface area (TPSA) is 17.4 Å². The molecule has 1 aromatic heterocycles. The average molecular weight is 407 g/mol. The minimum Gasteiger partial charge on any atom is -0.409 e. The molecule has 0 saturated carbocycles. The van der Waals surface area contributed by atoms with Crippen molar-refractivity contribution in [1.29, 1.82) is 0 Å². The van der Waals surface area contributed by atoms with Gasteiger partial charge in [-0.15, -0.1) is 0 Å². The largest absolute Gasteiger partial charge is 0.409 e. The van der Waals surface area contributed by atoms with Gasteiger partial charge in [0.2, 0.25) is 0 Å². The number of rotatable bonds is 12. The Kier molecular flexibility index (Phi) is 8.39. The van der Waals surface area contributed by atoms with E-state index < -0.39 is 0 Å². The molecule has 0 amide bonds. The zero-order valence-corrected chi connectivity index (χ0v) is 19.2. The summed E-state index contributed by atoms with van der Waals surface area (Å²) >= 11 is 0. The molecule has 0 saturated heterocycles. The molecule has 0 spiro atoms. The Balaban J connectivity index is 1.69. The van der Waals surface area contributed by atoms with Crippen LogP contribution >= 0.6 is 0 Å². The zero-order valence-electron chi connectivity index (χ0n) is 19.2. The SMILES string of the molecule is CC(C)CCN(CCc1cn(OCc2ccccc2)c2ccccc12)CCC(C)C. The first-order valence-corrected chi connectivity index (χ1v) is 11.5. The molecule has 0 aliphatic heterocycles. The van der Waals surface area contributed by atoms with Crippen molar-refractivity contribution in [3.05, 3.63) is 71.9 Å². The summed E-state index contributed by atoms with van der Waals surface area (Å²) in [6, 6.07) is 19.0. The molecule has 3 rings (SSSR count). The van der Waals surface area contributed by atoms with Gasteiger partial charge < -0.3 is 9.74 Å². The van der Waals surface area contributed by atoms with Gasteiger partial charge in [0.25, 0.3) is 0 Å². The van der Waals surface area contributed by atoms with Crippen LogP contribution in [0.5, 0.6) is 0 Å². The molecule has 0 aliphatic carbocycles. The highest BCUT2D eigenvalue weighted by atomic mass is 16.7. The van der Waals surface area contributed by atoms with Crippen molar-refractivity contribution >= 4 is 10.9 Å². The van der Waals surface area contributed by atoms with Gasteiger partial charge in [0.1, 0.15) is 6.61 Å². The van der Waals surface area contributed by atoms with E-state index in [9.17, 15) is 0 Å². The van der Waals surface area contributed by atoms with Gasteiger partial charge in [0.05, 0.1) is 5.52 Å². The minimum atomic E-state index is 0.577. The maximum atomic E-state index is 6.15. The molecule has 0 N–H and O–H groups in total. The Labute approximate surface area is 182 Å². The van der Waals surface area contributed by atoms with Crippen molar-refractivity contribution in [2.45, 2.75) is 53.6 Å². The first-order chi connectivity index (χ1) is 14.5. The molecular weight excluding hydrogens is 368 g/mol. The lowest BCUT2D eigenvalue weighted by Gasteiger charge is -2.24. The molecule has 162 valence electrons. The van der Waals surface area contributed by atoms with Gasteiger partial charge >= 0.3 is 0 Å². The second kappa shape index (κ2) is 11.2. The highest BCUT2D eigenvalue weighted by Crippen LogP contribution is 2.22. The number of aromatic nitrogens is 1. The van der Waals surface area contributed by atoms with Crippen LogP contribution in [-0.4, -0.2) is 29.3 Å². The Morgan fingerprint density at radius 1 is 0.800 bits per heavy atom. The molecule has 3 heteroatoms. The molecule has 1 heterocycles. The van der Waals surface area contributed by atoms with Crippen LogP contribution in [0.15, 0.2) is 60.8 Å². The first kappa shape index (κ1) is 22.4. The van der Waals surface area contributed by atoms with E-state index in [0.29, 0.717) is 6.61 Å². The maximum Gasteiger partial charge on any atom is 0.140 e. The maximum absolute atomic E-state index is 6.15. The number of hydrogen-bond acceptors (Lipinski definition) is 2. The van der Waals surface area contributed by atoms with E-state index in [1.165, 1.54) is 42.4 Å². The van der Waals surface area contributed by atoms with Crippen LogP contribution in [0.2, 0.25) is 0 Å². The lowest BCUT2D eigenvalue weighted by atomic mass is 10.1. The molecule has 0 atom stereocenters. The van der Waals surface area contributed by atoms with E-state index in [4.69, 9.17) is 4.84 Å². The molecule has 3 nitrogen and oxygen atoms in total. The zero-order chi connectivity index (χ0) is 21.3. The van der Waals surface area contributed by atoms with Gasteiger partial charge in [-0.25, -0.2) is 0 Å². The van der Waals surface area contributed by atoms with Gasteiger partial charge in [0, 0.05) is 18.1 Å². The van der Waals surface area contributed by atoms with Crippen LogP contribution in [0.4, 0.5) is 0 Å². The van der Waals surface area contributed by atoms with Crippen LogP contribution in [-0.2, 0) is 13.0 Å². The highest BCUT2D eigenvalue weighted by molar-refractivity contribution is 5.83. The summed E-state index contributed by atoms with van der Waals surface area (Å²) in [6.45, 7) is 13.3. The summed E-state index contributed by atoms with van der Waals surface area (Å²) in [5, 5.41) is 1.30. The van der Waals surface area contributed by atoms with Crippen LogP contribution < -0.4 is 4.84 Å². The number of fused-ring (bicyclic) bond motifs is 1. The quantitative estimate of drug-likeness (QED) is 0.356. The summed E-state index contributed by atoms with van der Waals surface area (Å²) < 4.78 is 1.96. The molecule has 0 unspecified atom stereocenters. The van der Waals surface area contributed by atoms with Crippen LogP contribution in [0, 0.1) is 11.8 Å². The number of nitrogens with zero attached hydrogens (tertiary/aromatic N) is 2. The molecule has 30 heavy (non-hydrogen) atoms. The molecule has 0 aliphatic rings. The molecular formula is C27H38N2O. The van der Waals surface area contributed by atoms with Crippen LogP contribution in [0.3, 0.4) is 0 Å². The van der Waals surface area contributed by atoms with Crippen molar-refractivity contribution in [3.8, 4) is 0 Å². The van der Waals surface area contributed by atoms with Crippen molar-refractivity contribution in [3.63, 3.8) is 0 Å². The molecule has 2 aromatic carbocycles. The van der Waals surface area contributed by atoms with Crippen molar-refractivity contribution in [2.75, 3.05) is 19.6 Å². The lowest BCUT2D eigenvalue weighted by Crippen LogP contribution is -2.30. The minimum absolute atomic E-state index is 0.577. The standard InChI is InChI=1S/C27H38N2O/c1-22(2)14-17-28(18-15-23(3)4)19-16-25-20-29(27-13-9-8-12-26(25)27)30-21-24-10-6-5-7-11-24/h5-13,20,22-23H,14-19,21H2,1-4H3. The van der Waals surface area contributed by atoms with Gasteiger partial charge in [0.15, 0.2) is 0 Å². The number of para-hydroxylation sites is 1. The van der Waals surface area contributed by atoms with Crippen molar-refractivity contribution in [2.24, 2.45) is 11.8 Å². The number of benzene rings is 2. The summed E-state index contributed by atoms with van der Waals surface area (Å²) in [5.74, 6) is 1.50. The number of hydrogen-bond donors (Lipinski definition) is 0. The fraction of sp³-hybridized carbons (Fsp3) is 0.481. The Morgan fingerprint density at radius 2 is 1.43 bits per heavy atom. The smallest absolute Gasteiger partial charge is 0.140 e. The van der Waals surface area contributed by atoms with Crippen molar-refractivity contribution in [1.82, 2.24) is 9.63 Å². The summed E-state index contributed by atoms with van der Waals surface area (Å²) in [7, 11) is 0. The van der Waals surface area contributed by atoms with Gasteiger partial charge in [-0.3, -0.25) is 0 Å². The van der Waals surface area contributed by atoms with E-state index in [-0.39, 0.29) is 0 Å². The van der Waals surface area contributed by atoms with Crippen molar-refractivity contribution < 1.29 is 4.84 Å². The summed E-state index contributed by atoms with van der Waals surface area (Å²) in [6.07, 6.45) is 5.77. The Morgan fingerprint density at radius 3 is 2.10 bits per heavy atom. The van der Waals surface area contributed by atoms with E-state index in [2.05, 4.69) is 87.3 Å². The van der Waals surface area contributed by atoms with Gasteiger partial charge in [-0.2, -0.15) is 4.73 Å². The molecule has 3 aromatic rings. The Hall–Kier alpha value is -2.26. The summed E-state index contributed by atoms with van der Waals surface area (Å²) in [4.78, 5) is 8.80.